The minimum Gasteiger partial charge on any atom is -0.281 e. The standard InChI is InChI=1S/C15H22F3N5/c1-10(7-14(2,3)4)5-6-11-8-19-13-20-9-21-23(13)12(11)22-15(16,17)18/h8-10,22H,5-7H2,1-4H3. The van der Waals surface area contributed by atoms with E-state index < -0.39 is 6.30 Å². The van der Waals surface area contributed by atoms with Gasteiger partial charge in [0.05, 0.1) is 0 Å². The maximum Gasteiger partial charge on any atom is 0.483 e. The van der Waals surface area contributed by atoms with Crippen LogP contribution in [0.15, 0.2) is 12.5 Å². The minimum atomic E-state index is -4.54. The second kappa shape index (κ2) is 6.33. The number of nitrogens with zero attached hydrogens (tertiary/aromatic N) is 4. The lowest BCUT2D eigenvalue weighted by molar-refractivity contribution is -0.100. The van der Waals surface area contributed by atoms with E-state index in [-0.39, 0.29) is 17.0 Å². The predicted molar refractivity (Wildman–Crippen MR) is 82.0 cm³/mol. The molecule has 0 saturated carbocycles. The van der Waals surface area contributed by atoms with E-state index in [1.807, 2.05) is 0 Å². The molecule has 2 aromatic rings. The summed E-state index contributed by atoms with van der Waals surface area (Å²) in [6.45, 7) is 8.58. The van der Waals surface area contributed by atoms with Crippen molar-refractivity contribution in [1.82, 2.24) is 19.6 Å². The number of halogens is 3. The third kappa shape index (κ3) is 5.07. The molecule has 0 aliphatic carbocycles. The zero-order valence-corrected chi connectivity index (χ0v) is 13.8. The van der Waals surface area contributed by atoms with E-state index in [4.69, 9.17) is 0 Å². The van der Waals surface area contributed by atoms with Crippen LogP contribution >= 0.6 is 0 Å². The number of hydrogen-bond acceptors (Lipinski definition) is 4. The Balaban J connectivity index is 2.20. The van der Waals surface area contributed by atoms with Gasteiger partial charge in [-0.05, 0) is 30.6 Å². The highest BCUT2D eigenvalue weighted by atomic mass is 19.4. The van der Waals surface area contributed by atoms with Gasteiger partial charge < -0.3 is 0 Å². The summed E-state index contributed by atoms with van der Waals surface area (Å²) in [7, 11) is 0. The van der Waals surface area contributed by atoms with Crippen molar-refractivity contribution in [3.8, 4) is 0 Å². The number of alkyl halides is 3. The van der Waals surface area contributed by atoms with Gasteiger partial charge >= 0.3 is 6.30 Å². The number of rotatable bonds is 5. The third-order valence-electron chi connectivity index (χ3n) is 3.51. The van der Waals surface area contributed by atoms with Crippen molar-refractivity contribution in [2.24, 2.45) is 11.3 Å². The molecule has 8 heteroatoms. The summed E-state index contributed by atoms with van der Waals surface area (Å²) >= 11 is 0. The molecule has 0 aromatic carbocycles. The van der Waals surface area contributed by atoms with Gasteiger partial charge in [-0.25, -0.2) is 4.98 Å². The average Bonchev–Trinajstić information content (AvgIpc) is 2.82. The molecular weight excluding hydrogens is 307 g/mol. The van der Waals surface area contributed by atoms with Crippen LogP contribution in [0.4, 0.5) is 19.0 Å². The Hall–Kier alpha value is -1.86. The van der Waals surface area contributed by atoms with E-state index in [1.54, 1.807) is 5.32 Å². The van der Waals surface area contributed by atoms with Crippen LogP contribution in [0.2, 0.25) is 0 Å². The molecule has 23 heavy (non-hydrogen) atoms. The number of aromatic nitrogens is 4. The minimum absolute atomic E-state index is 0.108. The van der Waals surface area contributed by atoms with Crippen molar-refractivity contribution in [3.63, 3.8) is 0 Å². The summed E-state index contributed by atoms with van der Waals surface area (Å²) in [5, 5.41) is 5.40. The van der Waals surface area contributed by atoms with Crippen molar-refractivity contribution in [3.05, 3.63) is 18.1 Å². The Labute approximate surface area is 133 Å². The molecule has 128 valence electrons. The van der Waals surface area contributed by atoms with Gasteiger partial charge in [-0.3, -0.25) is 5.32 Å². The maximum atomic E-state index is 12.8. The fraction of sp³-hybridized carbons (Fsp3) is 0.667. The SMILES string of the molecule is CC(CCc1cnc2ncnn2c1NC(F)(F)F)CC(C)(C)C. The molecule has 2 heterocycles. The second-order valence-corrected chi connectivity index (χ2v) is 7.14. The molecule has 1 unspecified atom stereocenters. The topological polar surface area (TPSA) is 55.1 Å². The molecule has 0 bridgehead atoms. The molecule has 1 atom stereocenters. The highest BCUT2D eigenvalue weighted by Gasteiger charge is 2.30. The van der Waals surface area contributed by atoms with Crippen LogP contribution in [0.25, 0.3) is 5.78 Å². The third-order valence-corrected chi connectivity index (χ3v) is 3.51. The molecule has 0 saturated heterocycles. The normalized spacial score (nSPS) is 14.2. The molecule has 0 fully saturated rings. The van der Waals surface area contributed by atoms with Crippen LogP contribution in [-0.4, -0.2) is 25.9 Å². The molecule has 2 aromatic heterocycles. The Bertz CT molecular complexity index is 657. The van der Waals surface area contributed by atoms with Crippen LogP contribution in [0.1, 0.15) is 46.1 Å². The lowest BCUT2D eigenvalue weighted by atomic mass is 9.83. The highest BCUT2D eigenvalue weighted by Crippen LogP contribution is 2.29. The van der Waals surface area contributed by atoms with E-state index in [0.717, 1.165) is 17.4 Å². The molecule has 0 aliphatic rings. The van der Waals surface area contributed by atoms with E-state index in [0.29, 0.717) is 17.9 Å². The highest BCUT2D eigenvalue weighted by molar-refractivity contribution is 5.50. The molecule has 2 rings (SSSR count). The first kappa shape index (κ1) is 17.5. The van der Waals surface area contributed by atoms with Crippen LogP contribution in [0, 0.1) is 11.3 Å². The van der Waals surface area contributed by atoms with Gasteiger partial charge in [-0.15, -0.1) is 0 Å². The van der Waals surface area contributed by atoms with Gasteiger partial charge in [-0.1, -0.05) is 27.7 Å². The second-order valence-electron chi connectivity index (χ2n) is 7.14. The first-order valence-corrected chi connectivity index (χ1v) is 7.58. The maximum absolute atomic E-state index is 12.8. The lowest BCUT2D eigenvalue weighted by Gasteiger charge is -2.23. The zero-order chi connectivity index (χ0) is 17.3. The molecule has 0 aliphatic heterocycles. The molecule has 0 spiro atoms. The Morgan fingerprint density at radius 1 is 1.22 bits per heavy atom. The number of aryl methyl sites for hydroxylation is 1. The largest absolute Gasteiger partial charge is 0.483 e. The fourth-order valence-electron chi connectivity index (χ4n) is 2.81. The summed E-state index contributed by atoms with van der Waals surface area (Å²) in [6, 6.07) is 0. The number of fused-ring (bicyclic) bond motifs is 1. The quantitative estimate of drug-likeness (QED) is 0.841. The van der Waals surface area contributed by atoms with Crippen molar-refractivity contribution in [1.29, 1.82) is 0 Å². The van der Waals surface area contributed by atoms with Crippen molar-refractivity contribution < 1.29 is 13.2 Å². The van der Waals surface area contributed by atoms with E-state index in [2.05, 4.69) is 42.8 Å². The number of hydrogen-bond donors (Lipinski definition) is 1. The lowest BCUT2D eigenvalue weighted by Crippen LogP contribution is -2.24. The fourth-order valence-corrected chi connectivity index (χ4v) is 2.81. The zero-order valence-electron chi connectivity index (χ0n) is 13.8. The van der Waals surface area contributed by atoms with Gasteiger partial charge in [0.15, 0.2) is 0 Å². The summed E-state index contributed by atoms with van der Waals surface area (Å²) < 4.78 is 39.4. The van der Waals surface area contributed by atoms with E-state index in [9.17, 15) is 13.2 Å². The van der Waals surface area contributed by atoms with Gasteiger partial charge in [-0.2, -0.15) is 27.8 Å². The summed E-state index contributed by atoms with van der Waals surface area (Å²) in [5.74, 6) is 0.436. The molecule has 0 radical (unpaired) electrons. The van der Waals surface area contributed by atoms with E-state index >= 15 is 0 Å². The number of anilines is 1. The van der Waals surface area contributed by atoms with Crippen LogP contribution < -0.4 is 5.32 Å². The molecule has 5 nitrogen and oxygen atoms in total. The summed E-state index contributed by atoms with van der Waals surface area (Å²) in [6.07, 6.45) is 0.391. The Kier molecular flexibility index (Phi) is 4.81. The van der Waals surface area contributed by atoms with Crippen molar-refractivity contribution >= 4 is 11.6 Å². The van der Waals surface area contributed by atoms with Gasteiger partial charge in [0.25, 0.3) is 5.78 Å². The Morgan fingerprint density at radius 3 is 2.52 bits per heavy atom. The van der Waals surface area contributed by atoms with Crippen molar-refractivity contribution in [2.45, 2.75) is 53.3 Å². The Morgan fingerprint density at radius 2 is 1.91 bits per heavy atom. The smallest absolute Gasteiger partial charge is 0.281 e. The van der Waals surface area contributed by atoms with Crippen molar-refractivity contribution in [2.75, 3.05) is 5.32 Å². The van der Waals surface area contributed by atoms with Crippen LogP contribution in [0.3, 0.4) is 0 Å². The molecular formula is C15H22F3N5. The van der Waals surface area contributed by atoms with Gasteiger partial charge in [0.2, 0.25) is 0 Å². The first-order valence-electron chi connectivity index (χ1n) is 7.58. The monoisotopic (exact) mass is 329 g/mol. The van der Waals surface area contributed by atoms with Gasteiger partial charge in [0.1, 0.15) is 12.1 Å². The first-order chi connectivity index (χ1) is 10.6. The van der Waals surface area contributed by atoms with E-state index in [1.165, 1.54) is 12.5 Å². The molecule has 0 amide bonds. The summed E-state index contributed by atoms with van der Waals surface area (Å²) in [4.78, 5) is 7.89. The van der Waals surface area contributed by atoms with Crippen LogP contribution in [0.5, 0.6) is 0 Å². The average molecular weight is 329 g/mol. The summed E-state index contributed by atoms with van der Waals surface area (Å²) in [5.41, 5.74) is 0.682. The predicted octanol–water partition coefficient (Wildman–Crippen LogP) is 4.06. The van der Waals surface area contributed by atoms with Crippen LogP contribution in [-0.2, 0) is 6.42 Å². The molecule has 1 N–H and O–H groups in total. The number of nitrogens with one attached hydrogen (secondary N) is 1. The van der Waals surface area contributed by atoms with Gasteiger partial charge in [0, 0.05) is 11.8 Å².